The highest BCUT2D eigenvalue weighted by molar-refractivity contribution is 6.40. The molecule has 1 heterocycles. The number of nitrogens with one attached hydrogen (secondary N) is 1. The van der Waals surface area contributed by atoms with Crippen LogP contribution in [0.5, 0.6) is 5.75 Å². The molecule has 0 saturated carbocycles. The molecule has 0 bridgehead atoms. The third-order valence-corrected chi connectivity index (χ3v) is 4.47. The molecule has 1 aliphatic heterocycles. The van der Waals surface area contributed by atoms with Gasteiger partial charge < -0.3 is 24.4 Å². The number of methoxy groups -OCH3 is 1. The smallest absolute Gasteiger partial charge is 0.348 e. The van der Waals surface area contributed by atoms with Crippen molar-refractivity contribution in [3.63, 3.8) is 0 Å². The summed E-state index contributed by atoms with van der Waals surface area (Å²) in [7, 11) is 5.16. The number of anilines is 1. The molecule has 160 valence electrons. The highest BCUT2D eigenvalue weighted by Gasteiger charge is 2.36. The summed E-state index contributed by atoms with van der Waals surface area (Å²) in [6.07, 6.45) is -0.470. The quantitative estimate of drug-likeness (QED) is 0.493. The first kappa shape index (κ1) is 22.6. The SMILES string of the molecule is CCOC(CCN(C)C)CNC(=O)C(=O)N1CC(C(=O)OC)Oc2ccccc21. The first-order chi connectivity index (χ1) is 13.9. The monoisotopic (exact) mass is 407 g/mol. The summed E-state index contributed by atoms with van der Waals surface area (Å²) in [6.45, 7) is 3.31. The number of ether oxygens (including phenoxy) is 3. The second-order valence-electron chi connectivity index (χ2n) is 6.89. The van der Waals surface area contributed by atoms with Crippen molar-refractivity contribution in [2.75, 3.05) is 52.3 Å². The lowest BCUT2D eigenvalue weighted by molar-refractivity contribution is -0.149. The van der Waals surface area contributed by atoms with Crippen LogP contribution >= 0.6 is 0 Å². The van der Waals surface area contributed by atoms with Gasteiger partial charge in [-0.05, 0) is 39.6 Å². The molecule has 1 N–H and O–H groups in total. The predicted octanol–water partition coefficient (Wildman–Crippen LogP) is 0.427. The molecule has 9 nitrogen and oxygen atoms in total. The molecule has 2 rings (SSSR count). The van der Waals surface area contributed by atoms with Gasteiger partial charge in [-0.3, -0.25) is 14.5 Å². The van der Waals surface area contributed by atoms with Crippen LogP contribution < -0.4 is 15.0 Å². The maximum absolute atomic E-state index is 12.8. The molecule has 0 aromatic heterocycles. The number of benzene rings is 1. The molecule has 2 atom stereocenters. The summed E-state index contributed by atoms with van der Waals surface area (Å²) in [5.41, 5.74) is 0.432. The summed E-state index contributed by atoms with van der Waals surface area (Å²) in [5, 5.41) is 2.65. The van der Waals surface area contributed by atoms with Gasteiger partial charge in [0.25, 0.3) is 0 Å². The van der Waals surface area contributed by atoms with Gasteiger partial charge in [0.1, 0.15) is 5.75 Å². The van der Waals surface area contributed by atoms with Gasteiger partial charge in [-0.1, -0.05) is 12.1 Å². The van der Waals surface area contributed by atoms with Crippen molar-refractivity contribution < 1.29 is 28.6 Å². The third kappa shape index (κ3) is 6.16. The molecular weight excluding hydrogens is 378 g/mol. The lowest BCUT2D eigenvalue weighted by Gasteiger charge is -2.33. The molecule has 0 aliphatic carbocycles. The van der Waals surface area contributed by atoms with E-state index in [9.17, 15) is 14.4 Å². The van der Waals surface area contributed by atoms with Crippen LogP contribution in [0.3, 0.4) is 0 Å². The number of para-hydroxylation sites is 2. The zero-order valence-electron chi connectivity index (χ0n) is 17.3. The fourth-order valence-electron chi connectivity index (χ4n) is 2.97. The Labute approximate surface area is 170 Å². The van der Waals surface area contributed by atoms with E-state index in [1.54, 1.807) is 24.3 Å². The van der Waals surface area contributed by atoms with Gasteiger partial charge >= 0.3 is 17.8 Å². The number of hydrogen-bond donors (Lipinski definition) is 1. The van der Waals surface area contributed by atoms with E-state index in [4.69, 9.17) is 14.2 Å². The van der Waals surface area contributed by atoms with Crippen molar-refractivity contribution >= 4 is 23.5 Å². The molecule has 2 unspecified atom stereocenters. The number of rotatable bonds is 8. The first-order valence-corrected chi connectivity index (χ1v) is 9.56. The van der Waals surface area contributed by atoms with Crippen molar-refractivity contribution in [2.24, 2.45) is 0 Å². The molecule has 0 fully saturated rings. The topological polar surface area (TPSA) is 97.4 Å². The molecule has 2 amide bonds. The van der Waals surface area contributed by atoms with Crippen LogP contribution in [0, 0.1) is 0 Å². The summed E-state index contributed by atoms with van der Waals surface area (Å²) < 4.78 is 16.0. The molecule has 1 aliphatic rings. The number of nitrogens with zero attached hydrogens (tertiary/aromatic N) is 2. The average Bonchev–Trinajstić information content (AvgIpc) is 2.73. The fraction of sp³-hybridized carbons (Fsp3) is 0.550. The average molecular weight is 407 g/mol. The first-order valence-electron chi connectivity index (χ1n) is 9.56. The van der Waals surface area contributed by atoms with Crippen molar-refractivity contribution in [1.29, 1.82) is 0 Å². The zero-order chi connectivity index (χ0) is 21.4. The van der Waals surface area contributed by atoms with E-state index in [0.29, 0.717) is 18.0 Å². The Morgan fingerprint density at radius 2 is 2.03 bits per heavy atom. The van der Waals surface area contributed by atoms with E-state index in [-0.39, 0.29) is 19.2 Å². The number of carbonyl (C=O) groups is 3. The van der Waals surface area contributed by atoms with Crippen molar-refractivity contribution in [2.45, 2.75) is 25.6 Å². The van der Waals surface area contributed by atoms with Gasteiger partial charge in [-0.25, -0.2) is 4.79 Å². The van der Waals surface area contributed by atoms with E-state index in [0.717, 1.165) is 13.0 Å². The van der Waals surface area contributed by atoms with Crippen molar-refractivity contribution in [3.05, 3.63) is 24.3 Å². The van der Waals surface area contributed by atoms with Crippen LogP contribution in [0.1, 0.15) is 13.3 Å². The van der Waals surface area contributed by atoms with Gasteiger partial charge in [0.2, 0.25) is 6.10 Å². The van der Waals surface area contributed by atoms with Crippen LogP contribution in [0.4, 0.5) is 5.69 Å². The van der Waals surface area contributed by atoms with Gasteiger partial charge in [0.05, 0.1) is 25.4 Å². The molecule has 1 aromatic carbocycles. The molecule has 1 aromatic rings. The van der Waals surface area contributed by atoms with Gasteiger partial charge in [-0.2, -0.15) is 0 Å². The predicted molar refractivity (Wildman–Crippen MR) is 107 cm³/mol. The van der Waals surface area contributed by atoms with Gasteiger partial charge in [0, 0.05) is 19.7 Å². The Kier molecular flexibility index (Phi) is 8.41. The van der Waals surface area contributed by atoms with E-state index in [2.05, 4.69) is 5.32 Å². The number of amides is 2. The van der Waals surface area contributed by atoms with Crippen LogP contribution in [0.25, 0.3) is 0 Å². The minimum atomic E-state index is -0.997. The largest absolute Gasteiger partial charge is 0.475 e. The van der Waals surface area contributed by atoms with E-state index >= 15 is 0 Å². The fourth-order valence-corrected chi connectivity index (χ4v) is 2.97. The van der Waals surface area contributed by atoms with Crippen LogP contribution in [-0.2, 0) is 23.9 Å². The van der Waals surface area contributed by atoms with Gasteiger partial charge in [0.15, 0.2) is 0 Å². The zero-order valence-corrected chi connectivity index (χ0v) is 17.3. The van der Waals surface area contributed by atoms with Crippen molar-refractivity contribution in [3.8, 4) is 5.75 Å². The summed E-state index contributed by atoms with van der Waals surface area (Å²) >= 11 is 0. The number of carbonyl (C=O) groups excluding carboxylic acids is 3. The second-order valence-corrected chi connectivity index (χ2v) is 6.89. The number of hydrogen-bond acceptors (Lipinski definition) is 7. The van der Waals surface area contributed by atoms with E-state index in [1.165, 1.54) is 12.0 Å². The summed E-state index contributed by atoms with van der Waals surface area (Å²) in [6, 6.07) is 6.74. The molecule has 0 saturated heterocycles. The van der Waals surface area contributed by atoms with Crippen LogP contribution in [0.15, 0.2) is 24.3 Å². The minimum Gasteiger partial charge on any atom is -0.475 e. The lowest BCUT2D eigenvalue weighted by Crippen LogP contribution is -2.52. The molecule has 0 spiro atoms. The number of esters is 1. The third-order valence-electron chi connectivity index (χ3n) is 4.47. The maximum Gasteiger partial charge on any atom is 0.348 e. The normalized spacial score (nSPS) is 16.6. The van der Waals surface area contributed by atoms with Crippen LogP contribution in [-0.4, -0.2) is 82.3 Å². The standard InChI is InChI=1S/C20H29N3O6/c1-5-28-14(10-11-22(2)3)12-21-18(24)19(25)23-13-17(20(26)27-4)29-16-9-7-6-8-15(16)23/h6-9,14,17H,5,10-13H2,1-4H3,(H,21,24). The minimum absolute atomic E-state index is 0.106. The van der Waals surface area contributed by atoms with E-state index < -0.39 is 23.9 Å². The number of fused-ring (bicyclic) bond motifs is 1. The van der Waals surface area contributed by atoms with E-state index in [1.807, 2.05) is 25.9 Å². The Morgan fingerprint density at radius 1 is 1.31 bits per heavy atom. The second kappa shape index (κ2) is 10.8. The highest BCUT2D eigenvalue weighted by atomic mass is 16.6. The Morgan fingerprint density at radius 3 is 2.69 bits per heavy atom. The Bertz CT molecular complexity index is 724. The maximum atomic E-state index is 12.8. The Hall–Kier alpha value is -2.65. The molecular formula is C20H29N3O6. The molecule has 9 heteroatoms. The van der Waals surface area contributed by atoms with Gasteiger partial charge in [-0.15, -0.1) is 0 Å². The highest BCUT2D eigenvalue weighted by Crippen LogP contribution is 2.33. The Balaban J connectivity index is 2.06. The molecule has 0 radical (unpaired) electrons. The molecule has 29 heavy (non-hydrogen) atoms. The summed E-state index contributed by atoms with van der Waals surface area (Å²) in [4.78, 5) is 40.5. The summed E-state index contributed by atoms with van der Waals surface area (Å²) in [5.74, 6) is -1.80. The van der Waals surface area contributed by atoms with Crippen molar-refractivity contribution in [1.82, 2.24) is 10.2 Å². The van der Waals surface area contributed by atoms with Crippen LogP contribution in [0.2, 0.25) is 0 Å². The lowest BCUT2D eigenvalue weighted by atomic mass is 10.1.